The van der Waals surface area contributed by atoms with Gasteiger partial charge < -0.3 is 15.4 Å². The molecule has 16 heavy (non-hydrogen) atoms. The molecule has 1 aromatic rings. The van der Waals surface area contributed by atoms with Crippen molar-refractivity contribution < 1.29 is 4.74 Å². The summed E-state index contributed by atoms with van der Waals surface area (Å²) in [6, 6.07) is 1.69. The van der Waals surface area contributed by atoms with E-state index in [1.807, 2.05) is 0 Å². The Bertz CT molecular complexity index is 345. The molecule has 0 saturated carbocycles. The number of hydrogen-bond donors (Lipinski definition) is 2. The molecule has 0 saturated heterocycles. The van der Waals surface area contributed by atoms with Crippen molar-refractivity contribution >= 4 is 23.1 Å². The smallest absolute Gasteiger partial charge is 0.218 e. The number of hydrogen-bond acceptors (Lipinski definition) is 4. The third-order valence-electron chi connectivity index (χ3n) is 1.91. The topological polar surface area (TPSA) is 59.1 Å². The molecular weight excluding hydrogens is 224 g/mol. The zero-order chi connectivity index (χ0) is 11.8. The van der Waals surface area contributed by atoms with Crippen LogP contribution in [0.25, 0.3) is 0 Å². The van der Waals surface area contributed by atoms with Gasteiger partial charge in [-0.25, -0.2) is 9.97 Å². The normalized spacial score (nSPS) is 9.62. The molecule has 0 atom stereocenters. The van der Waals surface area contributed by atoms with E-state index >= 15 is 0 Å². The second-order valence-corrected chi connectivity index (χ2v) is 3.59. The van der Waals surface area contributed by atoms with Crippen LogP contribution in [0.15, 0.2) is 12.4 Å². The van der Waals surface area contributed by atoms with Gasteiger partial charge in [0, 0.05) is 12.6 Å². The van der Waals surface area contributed by atoms with Crippen LogP contribution >= 0.6 is 12.2 Å². The molecule has 0 aliphatic rings. The maximum absolute atomic E-state index is 5.11. The summed E-state index contributed by atoms with van der Waals surface area (Å²) in [5.41, 5.74) is 0. The number of methoxy groups -OCH3 is 1. The van der Waals surface area contributed by atoms with E-state index in [2.05, 4.69) is 27.5 Å². The van der Waals surface area contributed by atoms with Gasteiger partial charge >= 0.3 is 0 Å². The first-order chi connectivity index (χ1) is 7.76. The lowest BCUT2D eigenvalue weighted by Crippen LogP contribution is -2.29. The van der Waals surface area contributed by atoms with Gasteiger partial charge in [-0.2, -0.15) is 0 Å². The Hall–Kier alpha value is -1.43. The first-order valence-corrected chi connectivity index (χ1v) is 5.58. The van der Waals surface area contributed by atoms with Crippen molar-refractivity contribution in [3.8, 4) is 5.88 Å². The van der Waals surface area contributed by atoms with Gasteiger partial charge in [0.1, 0.15) is 12.1 Å². The van der Waals surface area contributed by atoms with E-state index in [1.165, 1.54) is 6.33 Å². The fourth-order valence-electron chi connectivity index (χ4n) is 1.06. The van der Waals surface area contributed by atoms with Crippen LogP contribution < -0.4 is 15.4 Å². The summed E-state index contributed by atoms with van der Waals surface area (Å²) in [6.45, 7) is 3.00. The Balaban J connectivity index is 2.43. The van der Waals surface area contributed by atoms with Crippen LogP contribution in [0.5, 0.6) is 5.88 Å². The minimum Gasteiger partial charge on any atom is -0.481 e. The molecule has 0 unspecified atom stereocenters. The van der Waals surface area contributed by atoms with Crippen LogP contribution in [0, 0.1) is 0 Å². The lowest BCUT2D eigenvalue weighted by Gasteiger charge is -2.09. The molecule has 6 heteroatoms. The van der Waals surface area contributed by atoms with E-state index in [4.69, 9.17) is 17.0 Å². The fraction of sp³-hybridized carbons (Fsp3) is 0.500. The molecule has 0 aromatic carbocycles. The Morgan fingerprint density at radius 3 is 3.00 bits per heavy atom. The summed E-state index contributed by atoms with van der Waals surface area (Å²) >= 11 is 5.11. The zero-order valence-corrected chi connectivity index (χ0v) is 10.3. The summed E-state index contributed by atoms with van der Waals surface area (Å²) in [7, 11) is 1.56. The Morgan fingerprint density at radius 1 is 1.50 bits per heavy atom. The molecule has 1 aromatic heterocycles. The van der Waals surface area contributed by atoms with Crippen LogP contribution in [0.2, 0.25) is 0 Å². The third-order valence-corrected chi connectivity index (χ3v) is 2.16. The standard InChI is InChI=1S/C10H16N4OS/c1-3-4-5-11-10(16)14-8-6-9(15-2)13-7-12-8/h6-7H,3-5H2,1-2H3,(H2,11,12,13,14,16). The molecule has 0 aliphatic carbocycles. The van der Waals surface area contributed by atoms with Gasteiger partial charge in [0.25, 0.3) is 0 Å². The van der Waals surface area contributed by atoms with Crippen LogP contribution in [0.1, 0.15) is 19.8 Å². The molecule has 1 heterocycles. The van der Waals surface area contributed by atoms with Crippen molar-refractivity contribution in [2.75, 3.05) is 19.0 Å². The summed E-state index contributed by atoms with van der Waals surface area (Å²) in [4.78, 5) is 7.93. The quantitative estimate of drug-likeness (QED) is 0.602. The van der Waals surface area contributed by atoms with Crippen molar-refractivity contribution in [3.63, 3.8) is 0 Å². The monoisotopic (exact) mass is 240 g/mol. The molecule has 2 N–H and O–H groups in total. The second kappa shape index (κ2) is 6.95. The van der Waals surface area contributed by atoms with Gasteiger partial charge in [0.2, 0.25) is 5.88 Å². The SMILES string of the molecule is CCCCNC(=S)Nc1cc(OC)ncn1. The van der Waals surface area contributed by atoms with Crippen LogP contribution in [-0.2, 0) is 0 Å². The highest BCUT2D eigenvalue weighted by Gasteiger charge is 2.00. The minimum absolute atomic E-state index is 0.508. The summed E-state index contributed by atoms with van der Waals surface area (Å²) in [6.07, 6.45) is 3.65. The van der Waals surface area contributed by atoms with E-state index < -0.39 is 0 Å². The van der Waals surface area contributed by atoms with E-state index in [0.717, 1.165) is 19.4 Å². The van der Waals surface area contributed by atoms with Crippen LogP contribution in [0.4, 0.5) is 5.82 Å². The van der Waals surface area contributed by atoms with Crippen molar-refractivity contribution in [2.45, 2.75) is 19.8 Å². The molecule has 0 aliphatic heterocycles. The summed E-state index contributed by atoms with van der Waals surface area (Å²) < 4.78 is 4.98. The molecule has 0 amide bonds. The minimum atomic E-state index is 0.508. The first kappa shape index (κ1) is 12.6. The number of anilines is 1. The summed E-state index contributed by atoms with van der Waals surface area (Å²) in [5.74, 6) is 1.13. The molecule has 0 radical (unpaired) electrons. The van der Waals surface area contributed by atoms with Gasteiger partial charge in [0.15, 0.2) is 5.11 Å². The van der Waals surface area contributed by atoms with Crippen LogP contribution in [0.3, 0.4) is 0 Å². The number of unbranched alkanes of at least 4 members (excludes halogenated alkanes) is 1. The highest BCUT2D eigenvalue weighted by molar-refractivity contribution is 7.80. The van der Waals surface area contributed by atoms with Crippen molar-refractivity contribution in [1.82, 2.24) is 15.3 Å². The maximum atomic E-state index is 5.11. The highest BCUT2D eigenvalue weighted by atomic mass is 32.1. The molecule has 0 fully saturated rings. The van der Waals surface area contributed by atoms with Crippen molar-refractivity contribution in [1.29, 1.82) is 0 Å². The molecule has 0 spiro atoms. The molecular formula is C10H16N4OS. The number of aromatic nitrogens is 2. The molecule has 5 nitrogen and oxygen atoms in total. The predicted molar refractivity (Wildman–Crippen MR) is 67.7 cm³/mol. The Labute approximate surface area is 101 Å². The Kier molecular flexibility index (Phi) is 5.49. The number of rotatable bonds is 5. The van der Waals surface area contributed by atoms with Gasteiger partial charge in [-0.3, -0.25) is 0 Å². The van der Waals surface area contributed by atoms with Gasteiger partial charge in [0.05, 0.1) is 7.11 Å². The van der Waals surface area contributed by atoms with Gasteiger partial charge in [-0.05, 0) is 18.6 Å². The lowest BCUT2D eigenvalue weighted by molar-refractivity contribution is 0.397. The lowest BCUT2D eigenvalue weighted by atomic mass is 10.3. The molecule has 1 rings (SSSR count). The number of ether oxygens (including phenoxy) is 1. The van der Waals surface area contributed by atoms with Gasteiger partial charge in [-0.1, -0.05) is 13.3 Å². The molecule has 0 bridgehead atoms. The number of nitrogens with one attached hydrogen (secondary N) is 2. The Morgan fingerprint density at radius 2 is 2.31 bits per heavy atom. The molecule has 88 valence electrons. The van der Waals surface area contributed by atoms with Gasteiger partial charge in [-0.15, -0.1) is 0 Å². The van der Waals surface area contributed by atoms with E-state index in [-0.39, 0.29) is 0 Å². The van der Waals surface area contributed by atoms with E-state index in [9.17, 15) is 0 Å². The van der Waals surface area contributed by atoms with E-state index in [1.54, 1.807) is 13.2 Å². The van der Waals surface area contributed by atoms with E-state index in [0.29, 0.717) is 16.8 Å². The summed E-state index contributed by atoms with van der Waals surface area (Å²) in [5, 5.41) is 6.62. The number of thiocarbonyl (C=S) groups is 1. The van der Waals surface area contributed by atoms with Crippen molar-refractivity contribution in [3.05, 3.63) is 12.4 Å². The predicted octanol–water partition coefficient (Wildman–Crippen LogP) is 1.57. The first-order valence-electron chi connectivity index (χ1n) is 5.17. The average Bonchev–Trinajstić information content (AvgIpc) is 2.29. The second-order valence-electron chi connectivity index (χ2n) is 3.18. The largest absolute Gasteiger partial charge is 0.481 e. The van der Waals surface area contributed by atoms with Crippen LogP contribution in [-0.4, -0.2) is 28.7 Å². The maximum Gasteiger partial charge on any atom is 0.218 e. The fourth-order valence-corrected chi connectivity index (χ4v) is 1.27. The third kappa shape index (κ3) is 4.39. The number of nitrogens with zero attached hydrogens (tertiary/aromatic N) is 2. The highest BCUT2D eigenvalue weighted by Crippen LogP contribution is 2.09. The average molecular weight is 240 g/mol. The zero-order valence-electron chi connectivity index (χ0n) is 9.49. The van der Waals surface area contributed by atoms with Crippen molar-refractivity contribution in [2.24, 2.45) is 0 Å².